The molecule has 2 N–H and O–H groups in total. The lowest BCUT2D eigenvalue weighted by Crippen LogP contribution is -2.35. The maximum atomic E-state index is 9.55. The van der Waals surface area contributed by atoms with Crippen LogP contribution in [0.1, 0.15) is 36.6 Å². The van der Waals surface area contributed by atoms with Crippen molar-refractivity contribution in [2.75, 3.05) is 6.54 Å². The maximum Gasteiger partial charge on any atom is 0.0765 e. The van der Waals surface area contributed by atoms with Crippen LogP contribution in [0.15, 0.2) is 24.3 Å². The van der Waals surface area contributed by atoms with Gasteiger partial charge in [0, 0.05) is 6.04 Å². The Bertz CT molecular complexity index is 292. The van der Waals surface area contributed by atoms with E-state index in [9.17, 15) is 5.11 Å². The molecule has 2 nitrogen and oxygen atoms in total. The largest absolute Gasteiger partial charge is 0.389 e. The number of hydrogen-bond acceptors (Lipinski definition) is 2. The molecule has 1 aromatic carbocycles. The monoisotopic (exact) mass is 177 g/mol. The summed E-state index contributed by atoms with van der Waals surface area (Å²) in [6.45, 7) is 2.91. The fourth-order valence-corrected chi connectivity index (χ4v) is 1.76. The Morgan fingerprint density at radius 2 is 2.15 bits per heavy atom. The molecular formula is C11H15NO. The van der Waals surface area contributed by atoms with Gasteiger partial charge in [0.05, 0.1) is 6.10 Å². The molecule has 0 radical (unpaired) electrons. The van der Waals surface area contributed by atoms with Crippen LogP contribution in [0, 0.1) is 0 Å². The Morgan fingerprint density at radius 1 is 1.46 bits per heavy atom. The molecular weight excluding hydrogens is 162 g/mol. The van der Waals surface area contributed by atoms with Crippen molar-refractivity contribution in [3.05, 3.63) is 35.4 Å². The van der Waals surface area contributed by atoms with Gasteiger partial charge < -0.3 is 10.4 Å². The fraction of sp³-hybridized carbons (Fsp3) is 0.455. The second-order valence-corrected chi connectivity index (χ2v) is 3.60. The number of hydrogen-bond donors (Lipinski definition) is 2. The molecule has 2 heteroatoms. The molecule has 1 saturated heterocycles. The Labute approximate surface area is 78.6 Å². The van der Waals surface area contributed by atoms with Gasteiger partial charge in [0.25, 0.3) is 0 Å². The zero-order valence-electron chi connectivity index (χ0n) is 7.83. The molecule has 13 heavy (non-hydrogen) atoms. The molecule has 0 bridgehead atoms. The predicted octanol–water partition coefficient (Wildman–Crippen LogP) is 1.77. The van der Waals surface area contributed by atoms with E-state index in [1.165, 1.54) is 12.0 Å². The number of rotatable bonds is 2. The molecule has 0 saturated carbocycles. The van der Waals surface area contributed by atoms with Crippen molar-refractivity contribution in [3.8, 4) is 0 Å². The van der Waals surface area contributed by atoms with Crippen LogP contribution in [-0.2, 0) is 0 Å². The van der Waals surface area contributed by atoms with Gasteiger partial charge in [-0.1, -0.05) is 24.3 Å². The van der Waals surface area contributed by atoms with E-state index in [0.29, 0.717) is 6.04 Å². The van der Waals surface area contributed by atoms with Crippen molar-refractivity contribution in [3.63, 3.8) is 0 Å². The van der Waals surface area contributed by atoms with Gasteiger partial charge in [0.1, 0.15) is 0 Å². The molecule has 0 spiro atoms. The van der Waals surface area contributed by atoms with E-state index in [4.69, 9.17) is 0 Å². The summed E-state index contributed by atoms with van der Waals surface area (Å²) in [4.78, 5) is 0. The minimum absolute atomic E-state index is 0.362. The third-order valence-electron chi connectivity index (χ3n) is 2.65. The SMILES string of the molecule is C[C@@H](O)c1ccccc1[C@@H]1CCN1. The molecule has 0 amide bonds. The summed E-state index contributed by atoms with van der Waals surface area (Å²) in [5.74, 6) is 0. The highest BCUT2D eigenvalue weighted by Crippen LogP contribution is 2.28. The van der Waals surface area contributed by atoms with Crippen LogP contribution in [0.3, 0.4) is 0 Å². The molecule has 1 fully saturated rings. The van der Waals surface area contributed by atoms with Gasteiger partial charge in [0.15, 0.2) is 0 Å². The van der Waals surface area contributed by atoms with E-state index in [1.807, 2.05) is 25.1 Å². The molecule has 1 aromatic rings. The van der Waals surface area contributed by atoms with Crippen molar-refractivity contribution >= 4 is 0 Å². The molecule has 0 aliphatic carbocycles. The molecule has 0 aromatic heterocycles. The maximum absolute atomic E-state index is 9.55. The van der Waals surface area contributed by atoms with Crippen molar-refractivity contribution in [1.29, 1.82) is 0 Å². The van der Waals surface area contributed by atoms with Crippen molar-refractivity contribution < 1.29 is 5.11 Å². The zero-order valence-corrected chi connectivity index (χ0v) is 7.83. The molecule has 1 aliphatic rings. The second-order valence-electron chi connectivity index (χ2n) is 3.60. The van der Waals surface area contributed by atoms with Crippen LogP contribution in [0.4, 0.5) is 0 Å². The number of benzene rings is 1. The lowest BCUT2D eigenvalue weighted by Gasteiger charge is -2.30. The van der Waals surface area contributed by atoms with Crippen molar-refractivity contribution in [1.82, 2.24) is 5.32 Å². The first-order chi connectivity index (χ1) is 6.29. The van der Waals surface area contributed by atoms with Gasteiger partial charge in [-0.15, -0.1) is 0 Å². The minimum Gasteiger partial charge on any atom is -0.389 e. The Hall–Kier alpha value is -0.860. The van der Waals surface area contributed by atoms with Crippen LogP contribution in [-0.4, -0.2) is 11.7 Å². The first kappa shape index (κ1) is 8.73. The number of nitrogens with one attached hydrogen (secondary N) is 1. The van der Waals surface area contributed by atoms with E-state index in [1.54, 1.807) is 0 Å². The van der Waals surface area contributed by atoms with Crippen LogP contribution in [0.5, 0.6) is 0 Å². The summed E-state index contributed by atoms with van der Waals surface area (Å²) in [5.41, 5.74) is 2.31. The van der Waals surface area contributed by atoms with Gasteiger partial charge >= 0.3 is 0 Å². The van der Waals surface area contributed by atoms with E-state index in [-0.39, 0.29) is 6.10 Å². The number of aliphatic hydroxyl groups is 1. The third kappa shape index (κ3) is 1.60. The molecule has 1 aliphatic heterocycles. The average molecular weight is 177 g/mol. The highest BCUT2D eigenvalue weighted by atomic mass is 16.3. The average Bonchev–Trinajstić information content (AvgIpc) is 2.02. The molecule has 2 rings (SSSR count). The van der Waals surface area contributed by atoms with Crippen LogP contribution < -0.4 is 5.32 Å². The van der Waals surface area contributed by atoms with Crippen molar-refractivity contribution in [2.45, 2.75) is 25.5 Å². The fourth-order valence-electron chi connectivity index (χ4n) is 1.76. The normalized spacial score (nSPS) is 23.7. The lowest BCUT2D eigenvalue weighted by atomic mass is 9.91. The second kappa shape index (κ2) is 3.48. The van der Waals surface area contributed by atoms with E-state index < -0.39 is 0 Å². The smallest absolute Gasteiger partial charge is 0.0765 e. The van der Waals surface area contributed by atoms with Crippen molar-refractivity contribution in [2.24, 2.45) is 0 Å². The van der Waals surface area contributed by atoms with E-state index in [0.717, 1.165) is 12.1 Å². The quantitative estimate of drug-likeness (QED) is 0.721. The Balaban J connectivity index is 2.31. The summed E-state index contributed by atoms with van der Waals surface area (Å²) in [6.07, 6.45) is 0.822. The molecule has 1 heterocycles. The summed E-state index contributed by atoms with van der Waals surface area (Å²) < 4.78 is 0. The van der Waals surface area contributed by atoms with Crippen LogP contribution in [0.2, 0.25) is 0 Å². The molecule has 2 atom stereocenters. The van der Waals surface area contributed by atoms with E-state index >= 15 is 0 Å². The number of aliphatic hydroxyl groups excluding tert-OH is 1. The van der Waals surface area contributed by atoms with Crippen LogP contribution >= 0.6 is 0 Å². The van der Waals surface area contributed by atoms with Gasteiger partial charge in [-0.25, -0.2) is 0 Å². The Morgan fingerprint density at radius 3 is 2.69 bits per heavy atom. The first-order valence-corrected chi connectivity index (χ1v) is 4.79. The lowest BCUT2D eigenvalue weighted by molar-refractivity contribution is 0.195. The standard InChI is InChI=1S/C11H15NO/c1-8(13)9-4-2-3-5-10(9)11-6-7-12-11/h2-5,8,11-13H,6-7H2,1H3/t8-,11+/m1/s1. The summed E-state index contributed by atoms with van der Waals surface area (Å²) in [5, 5.41) is 12.9. The predicted molar refractivity (Wildman–Crippen MR) is 52.4 cm³/mol. The topological polar surface area (TPSA) is 32.3 Å². The van der Waals surface area contributed by atoms with E-state index in [2.05, 4.69) is 11.4 Å². The van der Waals surface area contributed by atoms with Gasteiger partial charge in [-0.2, -0.15) is 0 Å². The van der Waals surface area contributed by atoms with Crippen LogP contribution in [0.25, 0.3) is 0 Å². The van der Waals surface area contributed by atoms with Gasteiger partial charge in [-0.05, 0) is 31.0 Å². The Kier molecular flexibility index (Phi) is 2.34. The highest BCUT2D eigenvalue weighted by Gasteiger charge is 2.21. The summed E-state index contributed by atoms with van der Waals surface area (Å²) >= 11 is 0. The van der Waals surface area contributed by atoms with Gasteiger partial charge in [-0.3, -0.25) is 0 Å². The van der Waals surface area contributed by atoms with Gasteiger partial charge in [0.2, 0.25) is 0 Å². The zero-order chi connectivity index (χ0) is 9.26. The molecule has 0 unspecified atom stereocenters. The third-order valence-corrected chi connectivity index (χ3v) is 2.65. The summed E-state index contributed by atoms with van der Waals surface area (Å²) in [6, 6.07) is 8.57. The minimum atomic E-state index is -0.362. The molecule has 70 valence electrons. The highest BCUT2D eigenvalue weighted by molar-refractivity contribution is 5.32. The summed E-state index contributed by atoms with van der Waals surface area (Å²) in [7, 11) is 0. The first-order valence-electron chi connectivity index (χ1n) is 4.79.